The van der Waals surface area contributed by atoms with Crippen molar-refractivity contribution in [2.45, 2.75) is 155 Å². The predicted octanol–water partition coefficient (Wildman–Crippen LogP) is 16.3. The highest BCUT2D eigenvalue weighted by atomic mass is 28.3. The summed E-state index contributed by atoms with van der Waals surface area (Å²) in [5.41, 5.74) is 16.2. The quantitative estimate of drug-likeness (QED) is 0.116. The van der Waals surface area contributed by atoms with E-state index in [4.69, 9.17) is 0 Å². The minimum Gasteiger partial charge on any atom is -0.200 e. The molecule has 12 rings (SSSR count). The average molecular weight is 1080 g/mol. The van der Waals surface area contributed by atoms with Crippen molar-refractivity contribution in [2.75, 3.05) is 0 Å². The Kier molecular flexibility index (Phi) is 16.5. The van der Waals surface area contributed by atoms with E-state index in [0.717, 1.165) is 0 Å². The van der Waals surface area contributed by atoms with Crippen molar-refractivity contribution < 1.29 is 13.7 Å². The zero-order chi connectivity index (χ0) is 54.9. The molecule has 0 unspecified atom stereocenters. The molecule has 3 saturated heterocycles. The molecular weight excluding hydrogens is 991 g/mol. The fraction of sp³-hybridized carbons (Fsp3) is 0.375. The minimum absolute atomic E-state index is 1.26. The Morgan fingerprint density at radius 1 is 0.321 bits per heavy atom. The molecule has 0 radical (unpaired) electrons. The van der Waals surface area contributed by atoms with Gasteiger partial charge < -0.3 is 0 Å². The van der Waals surface area contributed by atoms with E-state index in [1.165, 1.54) is 194 Å². The van der Waals surface area contributed by atoms with Crippen molar-refractivity contribution in [3.05, 3.63) is 179 Å². The summed E-state index contributed by atoms with van der Waals surface area (Å²) in [5, 5.41) is 13.3. The van der Waals surface area contributed by atoms with Gasteiger partial charge in [0.1, 0.15) is 21.1 Å². The first-order chi connectivity index (χ1) is 37.4. The van der Waals surface area contributed by atoms with E-state index in [2.05, 4.69) is 242 Å². The third kappa shape index (κ3) is 11.3. The molecule has 3 nitrogen and oxygen atoms in total. The third-order valence-electron chi connectivity index (χ3n) is 19.5. The van der Waals surface area contributed by atoms with E-state index < -0.39 is 24.2 Å². The summed E-state index contributed by atoms with van der Waals surface area (Å²) in [6.07, 6.45) is 19.6. The van der Waals surface area contributed by atoms with Gasteiger partial charge >= 0.3 is 0 Å². The zero-order valence-electron chi connectivity index (χ0n) is 49.8. The molecule has 3 fully saturated rings. The van der Waals surface area contributed by atoms with Crippen molar-refractivity contribution >= 4 is 72.1 Å². The van der Waals surface area contributed by atoms with Crippen LogP contribution in [0.3, 0.4) is 0 Å². The van der Waals surface area contributed by atoms with Crippen LogP contribution < -0.4 is 29.3 Å². The molecule has 6 heterocycles. The molecule has 0 bridgehead atoms. The second kappa shape index (κ2) is 23.1. The lowest BCUT2D eigenvalue weighted by Crippen LogP contribution is -2.45. The van der Waals surface area contributed by atoms with Gasteiger partial charge in [0.25, 0.3) is 0 Å². The first-order valence-corrected chi connectivity index (χ1v) is 38.7. The predicted molar refractivity (Wildman–Crippen MR) is 344 cm³/mol. The van der Waals surface area contributed by atoms with E-state index >= 15 is 0 Å². The van der Waals surface area contributed by atoms with Gasteiger partial charge in [0, 0.05) is 29.3 Å². The van der Waals surface area contributed by atoms with E-state index in [1.807, 2.05) is 0 Å². The standard InChI is InChI=1S/C25H32NSi.C24H30NSi.C23H28NSi/c1-18-15-19(2)20(3)24(16-18)25-23-10-9-22(17-21(23)11-12-26(25)4)27(5)13-7-6-8-14-27;1-18-8-9-19(2)23(16-18)24-22-11-10-21(17-20(22)12-13-25(24)3)26(4)14-6-5-7-15-26;1-18-9-5-6-10-21(18)23-22-12-11-20(17-19(22)13-14-24(23)2)25(3)15-7-4-8-16-25/h9-12,15-17H,6-8,13-14H2,1-5H3;8-13,16-17H,5-7,14-15H2,1-4H3;5-6,9-14,17H,4,7-8,15-16H2,1-3H3/q3*+1. The summed E-state index contributed by atoms with van der Waals surface area (Å²) in [6.45, 7) is 21.1. The van der Waals surface area contributed by atoms with Gasteiger partial charge in [-0.15, -0.1) is 0 Å². The maximum Gasteiger partial charge on any atom is 0.220 e. The maximum absolute atomic E-state index is 2.60. The number of aromatic nitrogens is 3. The monoisotopic (exact) mass is 1080 g/mol. The van der Waals surface area contributed by atoms with Crippen LogP contribution in [-0.2, 0) is 21.1 Å². The smallest absolute Gasteiger partial charge is 0.200 e. The van der Waals surface area contributed by atoms with E-state index in [1.54, 1.807) is 15.6 Å². The van der Waals surface area contributed by atoms with Crippen LogP contribution in [0.25, 0.3) is 66.1 Å². The number of aryl methyl sites for hydroxylation is 8. The molecule has 0 atom stereocenters. The number of rotatable bonds is 6. The summed E-state index contributed by atoms with van der Waals surface area (Å²) < 4.78 is 6.84. The Bertz CT molecular complexity index is 3670. The van der Waals surface area contributed by atoms with Crippen LogP contribution in [0.5, 0.6) is 0 Å². The van der Waals surface area contributed by atoms with Crippen LogP contribution in [0.1, 0.15) is 91.2 Å². The van der Waals surface area contributed by atoms with Gasteiger partial charge in [-0.2, -0.15) is 0 Å². The molecule has 402 valence electrons. The molecule has 0 N–H and O–H groups in total. The van der Waals surface area contributed by atoms with Crippen LogP contribution >= 0.6 is 0 Å². The Hall–Kier alpha value is -5.80. The van der Waals surface area contributed by atoms with Gasteiger partial charge in [0.05, 0.1) is 45.9 Å². The van der Waals surface area contributed by atoms with Crippen molar-refractivity contribution in [1.82, 2.24) is 0 Å². The summed E-state index contributed by atoms with van der Waals surface area (Å²) >= 11 is 0. The lowest BCUT2D eigenvalue weighted by atomic mass is 9.94. The van der Waals surface area contributed by atoms with Crippen molar-refractivity contribution in [2.24, 2.45) is 21.1 Å². The fourth-order valence-electron chi connectivity index (χ4n) is 14.2. The molecule has 0 spiro atoms. The second-order valence-corrected chi connectivity index (χ2v) is 39.6. The summed E-state index contributed by atoms with van der Waals surface area (Å²) in [4.78, 5) is 0. The Balaban J connectivity index is 0.000000132. The van der Waals surface area contributed by atoms with Crippen LogP contribution in [-0.4, -0.2) is 24.2 Å². The van der Waals surface area contributed by atoms with Gasteiger partial charge in [-0.3, -0.25) is 0 Å². The van der Waals surface area contributed by atoms with E-state index in [-0.39, 0.29) is 0 Å². The highest BCUT2D eigenvalue weighted by molar-refractivity contribution is 6.92. The highest BCUT2D eigenvalue weighted by Crippen LogP contribution is 2.36. The molecule has 6 heteroatoms. The Labute approximate surface area is 472 Å². The topological polar surface area (TPSA) is 11.6 Å². The number of benzene rings is 6. The van der Waals surface area contributed by atoms with Crippen LogP contribution in [0.2, 0.25) is 55.9 Å². The number of hydrogen-bond acceptors (Lipinski definition) is 0. The molecule has 0 amide bonds. The SMILES string of the molecule is Cc1cc(C)c(C)c(-c2c3ccc([Si]4(C)CCCCC4)cc3cc[n+]2C)c1.Cc1ccc(C)c(-c2c3ccc([Si]4(C)CCCCC4)cc3cc[n+]2C)c1.Cc1ccccc1-c1c2ccc([Si]3(C)CCCCC3)cc2cc[n+]1C. The Morgan fingerprint density at radius 2 is 0.692 bits per heavy atom. The molecule has 6 aromatic carbocycles. The van der Waals surface area contributed by atoms with Gasteiger partial charge in [-0.25, -0.2) is 13.7 Å². The fourth-order valence-corrected chi connectivity index (χ4v) is 25.9. The van der Waals surface area contributed by atoms with Crippen LogP contribution in [0, 0.1) is 41.5 Å². The van der Waals surface area contributed by atoms with Gasteiger partial charge in [0.2, 0.25) is 17.1 Å². The molecule has 78 heavy (non-hydrogen) atoms. The van der Waals surface area contributed by atoms with Crippen molar-refractivity contribution in [3.63, 3.8) is 0 Å². The minimum atomic E-state index is -1.28. The summed E-state index contributed by atoms with van der Waals surface area (Å²) in [6, 6.07) is 57.9. The Morgan fingerprint density at radius 3 is 1.12 bits per heavy atom. The average Bonchev–Trinajstić information content (AvgIpc) is 3.61. The largest absolute Gasteiger partial charge is 0.220 e. The first-order valence-electron chi connectivity index (χ1n) is 30.0. The molecule has 9 aromatic rings. The molecular formula is C72H90N3Si3+3. The van der Waals surface area contributed by atoms with Gasteiger partial charge in [-0.1, -0.05) is 213 Å². The van der Waals surface area contributed by atoms with Crippen molar-refractivity contribution in [1.29, 1.82) is 0 Å². The molecule has 3 aliphatic heterocycles. The van der Waals surface area contributed by atoms with Gasteiger partial charge in [0.15, 0.2) is 18.6 Å². The molecule has 3 aromatic heterocycles. The maximum atomic E-state index is 2.60. The molecule has 0 saturated carbocycles. The number of nitrogens with zero attached hydrogens (tertiary/aromatic N) is 3. The normalized spacial score (nSPS) is 16.8. The lowest BCUT2D eigenvalue weighted by molar-refractivity contribution is -0.659. The first kappa shape index (κ1) is 55.5. The second-order valence-electron chi connectivity index (χ2n) is 25.5. The molecule has 0 aliphatic carbocycles. The lowest BCUT2D eigenvalue weighted by Gasteiger charge is -2.32. The van der Waals surface area contributed by atoms with Crippen LogP contribution in [0.4, 0.5) is 0 Å². The van der Waals surface area contributed by atoms with E-state index in [0.29, 0.717) is 0 Å². The zero-order valence-corrected chi connectivity index (χ0v) is 52.8. The summed E-state index contributed by atoms with van der Waals surface area (Å²) in [7, 11) is 2.70. The third-order valence-corrected chi connectivity index (χ3v) is 33.3. The number of fused-ring (bicyclic) bond motifs is 3. The van der Waals surface area contributed by atoms with Gasteiger partial charge in [-0.05, 0) is 116 Å². The summed E-state index contributed by atoms with van der Waals surface area (Å²) in [5.74, 6) is 0. The van der Waals surface area contributed by atoms with Crippen LogP contribution in [0.15, 0.2) is 146 Å². The number of hydrogen-bond donors (Lipinski definition) is 0. The molecule has 3 aliphatic rings. The van der Waals surface area contributed by atoms with Crippen molar-refractivity contribution in [3.8, 4) is 33.8 Å². The van der Waals surface area contributed by atoms with E-state index in [9.17, 15) is 0 Å². The number of pyridine rings is 3. The highest BCUT2D eigenvalue weighted by Gasteiger charge is 2.34.